The highest BCUT2D eigenvalue weighted by molar-refractivity contribution is 5.94. The molecular weight excluding hydrogens is 478 g/mol. The molecule has 0 radical (unpaired) electrons. The van der Waals surface area contributed by atoms with Crippen molar-refractivity contribution >= 4 is 28.4 Å². The van der Waals surface area contributed by atoms with Gasteiger partial charge in [0.2, 0.25) is 5.95 Å². The molecule has 3 N–H and O–H groups in total. The zero-order chi connectivity index (χ0) is 27.5. The van der Waals surface area contributed by atoms with Gasteiger partial charge in [-0.15, -0.1) is 17.9 Å². The van der Waals surface area contributed by atoms with Gasteiger partial charge in [0.25, 0.3) is 5.91 Å². The predicted molar refractivity (Wildman–Crippen MR) is 139 cm³/mol. The molecule has 0 aliphatic heterocycles. The molecule has 10 heteroatoms. The molecule has 4 aromatic rings. The lowest BCUT2D eigenvalue weighted by Gasteiger charge is -2.25. The van der Waals surface area contributed by atoms with Crippen molar-refractivity contribution in [2.75, 3.05) is 12.8 Å². The molecule has 0 unspecified atom stereocenters. The van der Waals surface area contributed by atoms with E-state index in [9.17, 15) is 18.7 Å². The van der Waals surface area contributed by atoms with Gasteiger partial charge >= 0.3 is 0 Å². The summed E-state index contributed by atoms with van der Waals surface area (Å²) in [6.45, 7) is 5.35. The fourth-order valence-electron chi connectivity index (χ4n) is 3.98. The summed E-state index contributed by atoms with van der Waals surface area (Å²) >= 11 is 0. The average Bonchev–Trinajstić information content (AvgIpc) is 3.30. The number of nitrogens with two attached hydrogens (primary N) is 1. The SMILES string of the molecule is C#C.C[C@@H](CCCc1nc2c3cc(F)cc(F)c3nc(N)n2n1)N(C)C(=O)c1ccc(C(C)(C)O)cc1. The molecule has 0 saturated heterocycles. The molecular formula is C27H30F2N6O2. The number of aliphatic hydroxyl groups is 1. The monoisotopic (exact) mass is 508 g/mol. The van der Waals surface area contributed by atoms with Crippen molar-refractivity contribution in [3.05, 3.63) is 65.0 Å². The van der Waals surface area contributed by atoms with Crippen molar-refractivity contribution in [1.82, 2.24) is 24.5 Å². The van der Waals surface area contributed by atoms with Gasteiger partial charge in [0.05, 0.1) is 11.0 Å². The number of carbonyl (C=O) groups excluding carboxylic acids is 1. The number of terminal acetylenes is 1. The molecule has 2 heterocycles. The summed E-state index contributed by atoms with van der Waals surface area (Å²) < 4.78 is 29.2. The van der Waals surface area contributed by atoms with Crippen LogP contribution in [0.2, 0.25) is 0 Å². The van der Waals surface area contributed by atoms with E-state index in [2.05, 4.69) is 27.9 Å². The van der Waals surface area contributed by atoms with Gasteiger partial charge in [-0.1, -0.05) is 12.1 Å². The number of anilines is 1. The third-order valence-corrected chi connectivity index (χ3v) is 6.21. The number of carbonyl (C=O) groups is 1. The van der Waals surface area contributed by atoms with Crippen LogP contribution in [0, 0.1) is 24.5 Å². The van der Waals surface area contributed by atoms with Gasteiger partial charge in [0, 0.05) is 31.1 Å². The first-order valence-electron chi connectivity index (χ1n) is 11.7. The Kier molecular flexibility index (Phi) is 8.09. The second-order valence-corrected chi connectivity index (χ2v) is 9.31. The van der Waals surface area contributed by atoms with Crippen LogP contribution < -0.4 is 5.73 Å². The van der Waals surface area contributed by atoms with Gasteiger partial charge in [-0.3, -0.25) is 4.79 Å². The normalized spacial score (nSPS) is 12.2. The lowest BCUT2D eigenvalue weighted by atomic mass is 9.97. The maximum Gasteiger partial charge on any atom is 0.253 e. The lowest BCUT2D eigenvalue weighted by Crippen LogP contribution is -2.35. The van der Waals surface area contributed by atoms with Crippen LogP contribution in [0.5, 0.6) is 0 Å². The van der Waals surface area contributed by atoms with Gasteiger partial charge < -0.3 is 15.7 Å². The Labute approximate surface area is 214 Å². The Morgan fingerprint density at radius 2 is 1.84 bits per heavy atom. The molecule has 8 nitrogen and oxygen atoms in total. The molecule has 37 heavy (non-hydrogen) atoms. The molecule has 1 atom stereocenters. The minimum atomic E-state index is -0.970. The first-order valence-corrected chi connectivity index (χ1v) is 11.7. The third-order valence-electron chi connectivity index (χ3n) is 6.21. The number of nitrogens with zero attached hydrogens (tertiary/aromatic N) is 5. The van der Waals surface area contributed by atoms with Crippen LogP contribution in [0.15, 0.2) is 36.4 Å². The number of halogens is 2. The zero-order valence-electron chi connectivity index (χ0n) is 21.2. The van der Waals surface area contributed by atoms with Gasteiger partial charge in [0.1, 0.15) is 11.3 Å². The van der Waals surface area contributed by atoms with Crippen LogP contribution in [-0.2, 0) is 12.0 Å². The van der Waals surface area contributed by atoms with Crippen molar-refractivity contribution in [1.29, 1.82) is 0 Å². The maximum atomic E-state index is 14.1. The predicted octanol–water partition coefficient (Wildman–Crippen LogP) is 4.10. The van der Waals surface area contributed by atoms with Gasteiger partial charge in [0.15, 0.2) is 17.3 Å². The summed E-state index contributed by atoms with van der Waals surface area (Å²) in [6, 6.07) is 8.80. The molecule has 194 valence electrons. The molecule has 2 aromatic carbocycles. The van der Waals surface area contributed by atoms with E-state index >= 15 is 0 Å². The molecule has 2 aromatic heterocycles. The number of hydrogen-bond donors (Lipinski definition) is 2. The molecule has 1 amide bonds. The Bertz CT molecular complexity index is 1440. The summed E-state index contributed by atoms with van der Waals surface area (Å²) in [6.07, 6.45) is 9.87. The van der Waals surface area contributed by atoms with Crippen molar-refractivity contribution in [3.63, 3.8) is 0 Å². The Morgan fingerprint density at radius 1 is 1.19 bits per heavy atom. The Balaban J connectivity index is 0.00000186. The number of fused-ring (bicyclic) bond motifs is 3. The molecule has 0 saturated carbocycles. The second-order valence-electron chi connectivity index (χ2n) is 9.31. The van der Waals surface area contributed by atoms with E-state index in [4.69, 9.17) is 5.73 Å². The van der Waals surface area contributed by atoms with E-state index in [1.54, 1.807) is 50.1 Å². The molecule has 4 rings (SSSR count). The second kappa shape index (κ2) is 10.9. The van der Waals surface area contributed by atoms with Gasteiger partial charge in [-0.2, -0.15) is 4.52 Å². The van der Waals surface area contributed by atoms with E-state index in [1.807, 2.05) is 6.92 Å². The molecule has 0 spiro atoms. The van der Waals surface area contributed by atoms with Crippen molar-refractivity contribution in [2.45, 2.75) is 51.7 Å². The molecule has 0 fully saturated rings. The number of benzene rings is 2. The maximum absolute atomic E-state index is 14.1. The number of nitrogen functional groups attached to an aromatic ring is 1. The molecule has 0 aliphatic rings. The van der Waals surface area contributed by atoms with E-state index in [1.165, 1.54) is 4.52 Å². The van der Waals surface area contributed by atoms with E-state index in [-0.39, 0.29) is 34.4 Å². The number of amides is 1. The molecule has 0 bridgehead atoms. The highest BCUT2D eigenvalue weighted by Crippen LogP contribution is 2.24. The minimum absolute atomic E-state index is 0.0361. The highest BCUT2D eigenvalue weighted by atomic mass is 19.1. The van der Waals surface area contributed by atoms with Crippen molar-refractivity contribution in [3.8, 4) is 12.8 Å². The minimum Gasteiger partial charge on any atom is -0.386 e. The quantitative estimate of drug-likeness (QED) is 0.364. The van der Waals surface area contributed by atoms with Crippen LogP contribution in [-0.4, -0.2) is 48.6 Å². The summed E-state index contributed by atoms with van der Waals surface area (Å²) in [5.41, 5.74) is 6.41. The van der Waals surface area contributed by atoms with Crippen molar-refractivity contribution in [2.24, 2.45) is 0 Å². The van der Waals surface area contributed by atoms with Gasteiger partial charge in [-0.05, 0) is 57.4 Å². The fraction of sp³-hybridized carbons (Fsp3) is 0.333. The highest BCUT2D eigenvalue weighted by Gasteiger charge is 2.21. The lowest BCUT2D eigenvalue weighted by molar-refractivity contribution is 0.0729. The number of aromatic nitrogens is 4. The summed E-state index contributed by atoms with van der Waals surface area (Å²) in [5, 5.41) is 14.6. The van der Waals surface area contributed by atoms with Crippen LogP contribution >= 0.6 is 0 Å². The van der Waals surface area contributed by atoms with E-state index in [0.717, 1.165) is 17.7 Å². The number of rotatable bonds is 7. The van der Waals surface area contributed by atoms with Crippen LogP contribution in [0.4, 0.5) is 14.7 Å². The summed E-state index contributed by atoms with van der Waals surface area (Å²) in [5.74, 6) is -1.22. The van der Waals surface area contributed by atoms with Gasteiger partial charge in [-0.25, -0.2) is 18.7 Å². The Hall–Kier alpha value is -4.10. The average molecular weight is 509 g/mol. The van der Waals surface area contributed by atoms with Crippen LogP contribution in [0.25, 0.3) is 16.6 Å². The van der Waals surface area contributed by atoms with Crippen molar-refractivity contribution < 1.29 is 18.7 Å². The zero-order valence-corrected chi connectivity index (χ0v) is 21.2. The van der Waals surface area contributed by atoms with E-state index in [0.29, 0.717) is 30.7 Å². The largest absolute Gasteiger partial charge is 0.386 e. The third kappa shape index (κ3) is 5.84. The number of aryl methyl sites for hydroxylation is 1. The van der Waals surface area contributed by atoms with E-state index < -0.39 is 17.2 Å². The fourth-order valence-corrected chi connectivity index (χ4v) is 3.98. The number of hydrogen-bond acceptors (Lipinski definition) is 6. The Morgan fingerprint density at radius 3 is 2.46 bits per heavy atom. The summed E-state index contributed by atoms with van der Waals surface area (Å²) in [7, 11) is 1.75. The first kappa shape index (κ1) is 27.5. The van der Waals surface area contributed by atoms with Crippen LogP contribution in [0.1, 0.15) is 55.4 Å². The standard InChI is InChI=1S/C25H28F2N6O2.C2H2/c1-14(32(4)23(34)15-8-10-16(11-9-15)25(2,3)35)6-5-7-20-29-22-18-12-17(26)13-19(27)21(18)30-24(28)33(22)31-20;1-2/h8-14,35H,5-7H2,1-4H3,(H2,28,30);1-2H/t14-;/m0./s1. The topological polar surface area (TPSA) is 110 Å². The molecule has 0 aliphatic carbocycles. The first-order chi connectivity index (χ1) is 17.5. The smallest absolute Gasteiger partial charge is 0.253 e. The summed E-state index contributed by atoms with van der Waals surface area (Å²) in [4.78, 5) is 23.0. The van der Waals surface area contributed by atoms with Crippen LogP contribution in [0.3, 0.4) is 0 Å².